The zero-order valence-electron chi connectivity index (χ0n) is 18.1. The second-order valence-electron chi connectivity index (χ2n) is 7.82. The quantitative estimate of drug-likeness (QED) is 0.325. The van der Waals surface area contributed by atoms with Crippen LogP contribution in [-0.4, -0.2) is 36.5 Å². The minimum Gasteiger partial charge on any atom is -0.348 e. The predicted octanol–water partition coefficient (Wildman–Crippen LogP) is 5.60. The molecule has 3 heterocycles. The molecular formula is C23H18ClF2N5O2S2. The Morgan fingerprint density at radius 2 is 1.71 bits per heavy atom. The molecule has 2 aromatic carbocycles. The maximum Gasteiger partial charge on any atom is 0.267 e. The Hall–Kier alpha value is -3.15. The van der Waals surface area contributed by atoms with Gasteiger partial charge in [-0.3, -0.25) is 4.72 Å². The van der Waals surface area contributed by atoms with Crippen LogP contribution in [0.5, 0.6) is 0 Å². The first-order valence-corrected chi connectivity index (χ1v) is 13.3. The second-order valence-corrected chi connectivity index (χ2v) is 10.8. The zero-order chi connectivity index (χ0) is 24.6. The highest BCUT2D eigenvalue weighted by Gasteiger charge is 2.25. The molecule has 5 rings (SSSR count). The molecule has 1 N–H and O–H groups in total. The van der Waals surface area contributed by atoms with Crippen molar-refractivity contribution in [2.24, 2.45) is 0 Å². The molecule has 0 spiro atoms. The van der Waals surface area contributed by atoms with E-state index in [0.717, 1.165) is 54.1 Å². The van der Waals surface area contributed by atoms with Gasteiger partial charge in [0.05, 0.1) is 16.3 Å². The molecule has 1 fully saturated rings. The predicted molar refractivity (Wildman–Crippen MR) is 132 cm³/mol. The van der Waals surface area contributed by atoms with E-state index in [1.54, 1.807) is 30.5 Å². The average molecular weight is 534 g/mol. The molecule has 0 aliphatic carbocycles. The molecule has 7 nitrogen and oxygen atoms in total. The van der Waals surface area contributed by atoms with Crippen molar-refractivity contribution in [2.75, 3.05) is 22.7 Å². The Balaban J connectivity index is 1.56. The number of benzene rings is 2. The minimum absolute atomic E-state index is 0.0954. The molecule has 2 aromatic heterocycles. The van der Waals surface area contributed by atoms with E-state index in [1.165, 1.54) is 17.4 Å². The van der Waals surface area contributed by atoms with Gasteiger partial charge in [0.1, 0.15) is 11.6 Å². The Labute approximate surface area is 209 Å². The summed E-state index contributed by atoms with van der Waals surface area (Å²) in [7, 11) is -4.51. The Kier molecular flexibility index (Phi) is 6.39. The monoisotopic (exact) mass is 533 g/mol. The third-order valence-corrected chi connectivity index (χ3v) is 8.18. The molecule has 1 saturated heterocycles. The highest BCUT2D eigenvalue weighted by atomic mass is 35.5. The number of thiazole rings is 1. The van der Waals surface area contributed by atoms with Gasteiger partial charge in [-0.1, -0.05) is 29.5 Å². The molecule has 0 saturated carbocycles. The van der Waals surface area contributed by atoms with Crippen LogP contribution >= 0.6 is 22.9 Å². The van der Waals surface area contributed by atoms with Crippen molar-refractivity contribution in [3.8, 4) is 21.8 Å². The summed E-state index contributed by atoms with van der Waals surface area (Å²) in [5, 5.41) is 0.916. The highest BCUT2D eigenvalue weighted by molar-refractivity contribution is 7.92. The van der Waals surface area contributed by atoms with Gasteiger partial charge >= 0.3 is 0 Å². The van der Waals surface area contributed by atoms with E-state index in [0.29, 0.717) is 17.0 Å². The van der Waals surface area contributed by atoms with Gasteiger partial charge in [0, 0.05) is 30.5 Å². The molecule has 4 aromatic rings. The van der Waals surface area contributed by atoms with Crippen molar-refractivity contribution < 1.29 is 17.2 Å². The van der Waals surface area contributed by atoms with Crippen LogP contribution in [0.3, 0.4) is 0 Å². The number of nitrogens with one attached hydrogen (secondary N) is 1. The number of nitrogens with zero attached hydrogens (tertiary/aromatic N) is 4. The lowest BCUT2D eigenvalue weighted by Gasteiger charge is -2.12. The highest BCUT2D eigenvalue weighted by Crippen LogP contribution is 2.41. The van der Waals surface area contributed by atoms with E-state index in [1.807, 2.05) is 0 Å². The number of halogens is 3. The zero-order valence-corrected chi connectivity index (χ0v) is 20.5. The Morgan fingerprint density at radius 3 is 2.43 bits per heavy atom. The van der Waals surface area contributed by atoms with E-state index in [2.05, 4.69) is 19.6 Å². The van der Waals surface area contributed by atoms with E-state index >= 15 is 0 Å². The van der Waals surface area contributed by atoms with Gasteiger partial charge in [0.25, 0.3) is 10.0 Å². The van der Waals surface area contributed by atoms with Crippen LogP contribution in [-0.2, 0) is 10.0 Å². The summed E-state index contributed by atoms with van der Waals surface area (Å²) in [6.45, 7) is 1.79. The Bertz CT molecular complexity index is 1490. The van der Waals surface area contributed by atoms with Crippen LogP contribution in [0, 0.1) is 11.6 Å². The summed E-state index contributed by atoms with van der Waals surface area (Å²) in [5.74, 6) is -2.35. The molecule has 35 heavy (non-hydrogen) atoms. The first kappa shape index (κ1) is 23.6. The van der Waals surface area contributed by atoms with Crippen LogP contribution in [0.1, 0.15) is 12.8 Å². The van der Waals surface area contributed by atoms with Crippen LogP contribution in [0.4, 0.5) is 19.6 Å². The number of anilines is 2. The summed E-state index contributed by atoms with van der Waals surface area (Å²) in [4.78, 5) is 15.0. The molecule has 0 amide bonds. The number of rotatable bonds is 6. The fourth-order valence-electron chi connectivity index (χ4n) is 3.86. The van der Waals surface area contributed by atoms with Gasteiger partial charge in [-0.2, -0.15) is 0 Å². The average Bonchev–Trinajstić information content (AvgIpc) is 3.49. The lowest BCUT2D eigenvalue weighted by molar-refractivity contribution is 0.521. The van der Waals surface area contributed by atoms with Crippen LogP contribution < -0.4 is 9.62 Å². The van der Waals surface area contributed by atoms with E-state index in [4.69, 9.17) is 16.6 Å². The molecule has 0 unspecified atom stereocenters. The topological polar surface area (TPSA) is 88.1 Å². The van der Waals surface area contributed by atoms with Gasteiger partial charge in [0.2, 0.25) is 5.28 Å². The van der Waals surface area contributed by atoms with Crippen LogP contribution in [0.2, 0.25) is 5.28 Å². The SMILES string of the molecule is O=S(=O)(Nc1cccc(-c2nc(N3CCCC3)sc2-c2ccnc(Cl)n2)c1)c1c(F)cccc1F. The van der Waals surface area contributed by atoms with Gasteiger partial charge in [0.15, 0.2) is 10.0 Å². The molecule has 1 aliphatic rings. The summed E-state index contributed by atoms with van der Waals surface area (Å²) < 4.78 is 56.0. The second kappa shape index (κ2) is 9.48. The maximum absolute atomic E-state index is 14.1. The number of sulfonamides is 1. The summed E-state index contributed by atoms with van der Waals surface area (Å²) in [5.41, 5.74) is 1.91. The maximum atomic E-state index is 14.1. The largest absolute Gasteiger partial charge is 0.348 e. The third-order valence-electron chi connectivity index (χ3n) is 5.43. The van der Waals surface area contributed by atoms with Crippen molar-refractivity contribution in [1.29, 1.82) is 0 Å². The van der Waals surface area contributed by atoms with Crippen molar-refractivity contribution in [3.05, 3.63) is 71.6 Å². The molecule has 0 bridgehead atoms. The molecule has 12 heteroatoms. The van der Waals surface area contributed by atoms with Crippen LogP contribution in [0.25, 0.3) is 21.8 Å². The van der Waals surface area contributed by atoms with Crippen LogP contribution in [0.15, 0.2) is 59.6 Å². The summed E-state index contributed by atoms with van der Waals surface area (Å²) in [6.07, 6.45) is 3.71. The van der Waals surface area contributed by atoms with Gasteiger partial charge in [-0.25, -0.2) is 32.2 Å². The lowest BCUT2D eigenvalue weighted by Crippen LogP contribution is -2.17. The fourth-order valence-corrected chi connectivity index (χ4v) is 6.30. The minimum atomic E-state index is -4.51. The molecule has 180 valence electrons. The Morgan fingerprint density at radius 1 is 1.00 bits per heavy atom. The van der Waals surface area contributed by atoms with Crippen molar-refractivity contribution >= 4 is 43.8 Å². The van der Waals surface area contributed by atoms with E-state index < -0.39 is 26.6 Å². The standard InChI is InChI=1S/C23H18ClF2N5O2S2/c24-22-27-10-9-18(28-22)20-19(29-23(34-20)31-11-1-2-12-31)14-5-3-6-15(13-14)30-35(32,33)21-16(25)7-4-8-17(21)26/h3-10,13,30H,1-2,11-12H2. The van der Waals surface area contributed by atoms with Gasteiger partial charge < -0.3 is 4.90 Å². The summed E-state index contributed by atoms with van der Waals surface area (Å²) >= 11 is 7.48. The van der Waals surface area contributed by atoms with Gasteiger partial charge in [-0.05, 0) is 54.8 Å². The van der Waals surface area contributed by atoms with E-state index in [9.17, 15) is 17.2 Å². The smallest absolute Gasteiger partial charge is 0.267 e. The van der Waals surface area contributed by atoms with Crippen molar-refractivity contribution in [2.45, 2.75) is 17.7 Å². The van der Waals surface area contributed by atoms with E-state index in [-0.39, 0.29) is 11.0 Å². The van der Waals surface area contributed by atoms with Crippen molar-refractivity contribution in [1.82, 2.24) is 15.0 Å². The molecule has 1 aliphatic heterocycles. The number of hydrogen-bond acceptors (Lipinski definition) is 7. The number of hydrogen-bond donors (Lipinski definition) is 1. The molecule has 0 atom stereocenters. The molecular weight excluding hydrogens is 516 g/mol. The number of aromatic nitrogens is 3. The third kappa shape index (κ3) is 4.84. The summed E-state index contributed by atoms with van der Waals surface area (Å²) in [6, 6.07) is 11.1. The molecule has 0 radical (unpaired) electrons. The first-order chi connectivity index (χ1) is 16.8. The normalized spacial score (nSPS) is 13.9. The van der Waals surface area contributed by atoms with Crippen molar-refractivity contribution in [3.63, 3.8) is 0 Å². The van der Waals surface area contributed by atoms with Gasteiger partial charge in [-0.15, -0.1) is 0 Å². The first-order valence-electron chi connectivity index (χ1n) is 10.6. The lowest BCUT2D eigenvalue weighted by atomic mass is 10.1. The fraction of sp³-hybridized carbons (Fsp3) is 0.174.